The summed E-state index contributed by atoms with van der Waals surface area (Å²) in [7, 11) is -3.67. The fourth-order valence-corrected chi connectivity index (χ4v) is 4.50. The van der Waals surface area contributed by atoms with Crippen LogP contribution in [0.1, 0.15) is 41.6 Å². The number of carbonyl (C=O) groups is 1. The van der Waals surface area contributed by atoms with E-state index in [2.05, 4.69) is 9.71 Å². The van der Waals surface area contributed by atoms with Crippen LogP contribution in [0, 0.1) is 0 Å². The highest BCUT2D eigenvalue weighted by molar-refractivity contribution is 7.89. The van der Waals surface area contributed by atoms with Crippen molar-refractivity contribution < 1.29 is 18.3 Å². The van der Waals surface area contributed by atoms with Gasteiger partial charge in [0.05, 0.1) is 4.90 Å². The van der Waals surface area contributed by atoms with Crippen molar-refractivity contribution in [3.05, 3.63) is 95.3 Å². The Morgan fingerprint density at radius 1 is 1.00 bits per heavy atom. The number of aliphatic carboxylic acids is 1. The van der Waals surface area contributed by atoms with Crippen LogP contribution in [-0.2, 0) is 27.7 Å². The quantitative estimate of drug-likeness (QED) is 0.546. The van der Waals surface area contributed by atoms with E-state index in [1.54, 1.807) is 49.6 Å². The van der Waals surface area contributed by atoms with E-state index in [1.165, 1.54) is 0 Å². The highest BCUT2D eigenvalue weighted by Gasteiger charge is 2.19. The molecule has 2 aromatic carbocycles. The molecule has 3 aromatic rings. The summed E-state index contributed by atoms with van der Waals surface area (Å²) >= 11 is 0. The summed E-state index contributed by atoms with van der Waals surface area (Å²) in [5.74, 6) is -0.867. The lowest BCUT2D eigenvalue weighted by molar-refractivity contribution is -0.136. The number of hydrogen-bond acceptors (Lipinski definition) is 4. The first-order valence-electron chi connectivity index (χ1n) is 9.64. The molecule has 6 nitrogen and oxygen atoms in total. The average Bonchev–Trinajstić information content (AvgIpc) is 2.73. The Morgan fingerprint density at radius 2 is 1.67 bits per heavy atom. The number of carboxylic acid groups (broad SMARTS) is 1. The first-order valence-corrected chi connectivity index (χ1v) is 11.1. The van der Waals surface area contributed by atoms with E-state index in [0.717, 1.165) is 22.3 Å². The van der Waals surface area contributed by atoms with Crippen LogP contribution in [0.4, 0.5) is 0 Å². The summed E-state index contributed by atoms with van der Waals surface area (Å²) in [6, 6.07) is 17.4. The van der Waals surface area contributed by atoms with Crippen molar-refractivity contribution in [2.24, 2.45) is 0 Å². The number of nitrogens with one attached hydrogen (secondary N) is 1. The first kappa shape index (κ1) is 21.7. The van der Waals surface area contributed by atoms with Gasteiger partial charge in [0, 0.05) is 24.9 Å². The second-order valence-corrected chi connectivity index (χ2v) is 8.88. The van der Waals surface area contributed by atoms with Crippen molar-refractivity contribution in [2.75, 3.05) is 0 Å². The zero-order valence-electron chi connectivity index (χ0n) is 16.7. The fourth-order valence-electron chi connectivity index (χ4n) is 3.24. The number of aryl methyl sites for hydroxylation is 1. The highest BCUT2D eigenvalue weighted by atomic mass is 32.2. The van der Waals surface area contributed by atoms with Gasteiger partial charge in [-0.25, -0.2) is 13.1 Å². The third-order valence-electron chi connectivity index (χ3n) is 4.75. The zero-order chi connectivity index (χ0) is 21.6. The molecule has 0 aliphatic heterocycles. The van der Waals surface area contributed by atoms with Crippen molar-refractivity contribution >= 4 is 16.0 Å². The van der Waals surface area contributed by atoms with Crippen molar-refractivity contribution in [3.8, 4) is 0 Å². The van der Waals surface area contributed by atoms with Gasteiger partial charge < -0.3 is 5.11 Å². The molecule has 0 bridgehead atoms. The summed E-state index contributed by atoms with van der Waals surface area (Å²) in [4.78, 5) is 15.2. The van der Waals surface area contributed by atoms with Gasteiger partial charge in [0.2, 0.25) is 10.0 Å². The molecule has 0 spiro atoms. The predicted octanol–water partition coefficient (Wildman–Crippen LogP) is 3.73. The van der Waals surface area contributed by atoms with Crippen molar-refractivity contribution in [2.45, 2.75) is 37.1 Å². The summed E-state index contributed by atoms with van der Waals surface area (Å²) in [6.45, 7) is 1.78. The molecular formula is C23H24N2O4S. The van der Waals surface area contributed by atoms with Crippen LogP contribution >= 0.6 is 0 Å². The van der Waals surface area contributed by atoms with E-state index >= 15 is 0 Å². The topological polar surface area (TPSA) is 96.4 Å². The Balaban J connectivity index is 1.88. The third-order valence-corrected chi connectivity index (χ3v) is 6.30. The summed E-state index contributed by atoms with van der Waals surface area (Å²) < 4.78 is 28.1. The second kappa shape index (κ2) is 9.65. The van der Waals surface area contributed by atoms with E-state index in [4.69, 9.17) is 5.11 Å². The standard InChI is InChI=1S/C23H24N2O4S/c1-17(25-30(28,29)22-5-3-2-4-6-22)21-15-19(7-8-23(26)27)14-20(16-21)13-18-9-11-24-12-10-18/h2-6,9-12,14-17,25H,7-8,13H2,1H3,(H,26,27). The molecule has 30 heavy (non-hydrogen) atoms. The largest absolute Gasteiger partial charge is 0.481 e. The zero-order valence-corrected chi connectivity index (χ0v) is 17.5. The molecule has 0 saturated heterocycles. The van der Waals surface area contributed by atoms with Crippen LogP contribution in [0.5, 0.6) is 0 Å². The molecule has 1 unspecified atom stereocenters. The summed E-state index contributed by atoms with van der Waals surface area (Å²) in [5, 5.41) is 9.04. The number of sulfonamides is 1. The van der Waals surface area contributed by atoms with Crippen molar-refractivity contribution in [1.82, 2.24) is 9.71 Å². The van der Waals surface area contributed by atoms with E-state index in [1.807, 2.05) is 30.3 Å². The normalized spacial score (nSPS) is 12.4. The number of aromatic nitrogens is 1. The number of nitrogens with zero attached hydrogens (tertiary/aromatic N) is 1. The minimum absolute atomic E-state index is 0.0161. The van der Waals surface area contributed by atoms with Crippen molar-refractivity contribution in [3.63, 3.8) is 0 Å². The molecule has 0 amide bonds. The molecule has 156 valence electrons. The Labute approximate surface area is 176 Å². The average molecular weight is 425 g/mol. The Hall–Kier alpha value is -3.03. The van der Waals surface area contributed by atoms with E-state index in [0.29, 0.717) is 12.8 Å². The Kier molecular flexibility index (Phi) is 6.97. The predicted molar refractivity (Wildman–Crippen MR) is 115 cm³/mol. The minimum atomic E-state index is -3.67. The maximum Gasteiger partial charge on any atom is 0.303 e. The van der Waals surface area contributed by atoms with Gasteiger partial charge in [0.25, 0.3) is 0 Å². The van der Waals surface area contributed by atoms with Crippen LogP contribution in [0.3, 0.4) is 0 Å². The molecule has 0 aliphatic carbocycles. The van der Waals surface area contributed by atoms with Gasteiger partial charge in [0.1, 0.15) is 0 Å². The highest BCUT2D eigenvalue weighted by Crippen LogP contribution is 2.22. The van der Waals surface area contributed by atoms with Crippen LogP contribution in [0.15, 0.2) is 78.0 Å². The van der Waals surface area contributed by atoms with Crippen LogP contribution < -0.4 is 4.72 Å². The summed E-state index contributed by atoms with van der Waals surface area (Å²) in [6.07, 6.45) is 4.49. The number of rotatable bonds is 9. The van der Waals surface area contributed by atoms with Crippen LogP contribution in [0.2, 0.25) is 0 Å². The lowest BCUT2D eigenvalue weighted by Crippen LogP contribution is -2.27. The van der Waals surface area contributed by atoms with E-state index in [9.17, 15) is 13.2 Å². The molecule has 3 rings (SSSR count). The molecule has 0 saturated carbocycles. The molecule has 1 heterocycles. The van der Waals surface area contributed by atoms with Gasteiger partial charge >= 0.3 is 5.97 Å². The number of carboxylic acids is 1. The summed E-state index contributed by atoms with van der Waals surface area (Å²) in [5.41, 5.74) is 3.72. The monoisotopic (exact) mass is 424 g/mol. The Bertz CT molecular complexity index is 1100. The van der Waals surface area contributed by atoms with Gasteiger partial charge in [0.15, 0.2) is 0 Å². The van der Waals surface area contributed by atoms with Gasteiger partial charge in [-0.15, -0.1) is 0 Å². The number of pyridine rings is 1. The lowest BCUT2D eigenvalue weighted by Gasteiger charge is -2.17. The lowest BCUT2D eigenvalue weighted by atomic mass is 9.96. The van der Waals surface area contributed by atoms with Crippen molar-refractivity contribution in [1.29, 1.82) is 0 Å². The maximum absolute atomic E-state index is 12.7. The Morgan fingerprint density at radius 3 is 2.33 bits per heavy atom. The van der Waals surface area contributed by atoms with Gasteiger partial charge in [-0.05, 0) is 66.3 Å². The second-order valence-electron chi connectivity index (χ2n) is 7.16. The first-order chi connectivity index (χ1) is 14.3. The third kappa shape index (κ3) is 5.98. The van der Waals surface area contributed by atoms with E-state index < -0.39 is 22.0 Å². The van der Waals surface area contributed by atoms with Gasteiger partial charge in [-0.2, -0.15) is 0 Å². The minimum Gasteiger partial charge on any atom is -0.481 e. The molecular weight excluding hydrogens is 400 g/mol. The molecule has 7 heteroatoms. The maximum atomic E-state index is 12.7. The fraction of sp³-hybridized carbons (Fsp3) is 0.217. The molecule has 0 aliphatic rings. The molecule has 2 N–H and O–H groups in total. The SMILES string of the molecule is CC(NS(=O)(=O)c1ccccc1)c1cc(CCC(=O)O)cc(Cc2ccncc2)c1. The smallest absolute Gasteiger partial charge is 0.303 e. The molecule has 0 fully saturated rings. The van der Waals surface area contributed by atoms with Gasteiger partial charge in [-0.1, -0.05) is 36.4 Å². The molecule has 1 aromatic heterocycles. The molecule has 1 atom stereocenters. The van der Waals surface area contributed by atoms with Gasteiger partial charge in [-0.3, -0.25) is 9.78 Å². The molecule has 0 radical (unpaired) electrons. The van der Waals surface area contributed by atoms with Crippen LogP contribution in [0.25, 0.3) is 0 Å². The number of benzene rings is 2. The van der Waals surface area contributed by atoms with Crippen LogP contribution in [-0.4, -0.2) is 24.5 Å². The van der Waals surface area contributed by atoms with E-state index in [-0.39, 0.29) is 11.3 Å². The number of hydrogen-bond donors (Lipinski definition) is 2.